The molecule has 0 aliphatic carbocycles. The number of hydrogen-bond acceptors (Lipinski definition) is 8. The van der Waals surface area contributed by atoms with Gasteiger partial charge in [0.2, 0.25) is 5.91 Å². The molecule has 1 aromatic carbocycles. The average Bonchev–Trinajstić information content (AvgIpc) is 2.42. The molecule has 0 spiro atoms. The molecule has 10 nitrogen and oxygen atoms in total. The summed E-state index contributed by atoms with van der Waals surface area (Å²) in [6.07, 6.45) is -0.675. The van der Waals surface area contributed by atoms with Gasteiger partial charge in [-0.05, 0) is 12.1 Å². The van der Waals surface area contributed by atoms with Crippen molar-refractivity contribution >= 4 is 28.1 Å². The summed E-state index contributed by atoms with van der Waals surface area (Å²) < 4.78 is 43.1. The molecular formula is C13H13N2NaO8S. The molecule has 130 valence electrons. The fraction of sp³-hybridized carbons (Fsp3) is 0.308. The van der Waals surface area contributed by atoms with Gasteiger partial charge in [-0.15, -0.1) is 0 Å². The van der Waals surface area contributed by atoms with Crippen LogP contribution in [0.1, 0.15) is 13.3 Å². The van der Waals surface area contributed by atoms with Crippen LogP contribution in [0.2, 0.25) is 0 Å². The maximum Gasteiger partial charge on any atom is 1.00 e. The minimum Gasteiger partial charge on any atom is -0.731 e. The van der Waals surface area contributed by atoms with E-state index in [0.29, 0.717) is 5.75 Å². The van der Waals surface area contributed by atoms with Gasteiger partial charge in [0.15, 0.2) is 16.9 Å². The van der Waals surface area contributed by atoms with Crippen LogP contribution in [0.25, 0.3) is 0 Å². The Labute approximate surface area is 165 Å². The molecular weight excluding hydrogens is 367 g/mol. The molecule has 1 aromatic rings. The van der Waals surface area contributed by atoms with E-state index in [1.54, 1.807) is 30.3 Å². The molecule has 1 unspecified atom stereocenters. The van der Waals surface area contributed by atoms with E-state index in [9.17, 15) is 27.4 Å². The second kappa shape index (κ2) is 8.15. The number of benzene rings is 1. The Balaban J connectivity index is 0.00000312. The molecule has 25 heavy (non-hydrogen) atoms. The Morgan fingerprint density at radius 2 is 1.92 bits per heavy atom. The fourth-order valence-corrected chi connectivity index (χ4v) is 2.94. The van der Waals surface area contributed by atoms with Crippen molar-refractivity contribution in [1.29, 1.82) is 0 Å². The predicted molar refractivity (Wildman–Crippen MR) is 75.7 cm³/mol. The number of ether oxygens (including phenoxy) is 2. The molecule has 1 aliphatic rings. The standard InChI is InChI=1S/C13H14N2O8S.Na/c1-9(16)23-13(7-12(18)15(13)24(19,20)21)14-11(17)8-22-10-5-3-2-4-6-10;/h2-6H,7-8H2,1H3,(H,14,17)(H,19,20,21);/q;+1/p-1. The first-order chi connectivity index (χ1) is 11.1. The van der Waals surface area contributed by atoms with Crippen LogP contribution in [0, 0.1) is 0 Å². The molecule has 2 rings (SSSR count). The van der Waals surface area contributed by atoms with Crippen LogP contribution in [-0.4, -0.2) is 47.5 Å². The van der Waals surface area contributed by atoms with Crippen molar-refractivity contribution in [3.63, 3.8) is 0 Å². The Kier molecular flexibility index (Phi) is 6.97. The molecule has 12 heteroatoms. The number of amides is 2. The number of hydrogen-bond donors (Lipinski definition) is 1. The second-order valence-corrected chi connectivity index (χ2v) is 6.04. The van der Waals surface area contributed by atoms with Gasteiger partial charge in [0.25, 0.3) is 11.8 Å². The van der Waals surface area contributed by atoms with Crippen molar-refractivity contribution < 1.29 is 66.4 Å². The van der Waals surface area contributed by atoms with Crippen molar-refractivity contribution in [3.05, 3.63) is 30.3 Å². The Morgan fingerprint density at radius 3 is 2.40 bits per heavy atom. The Morgan fingerprint density at radius 1 is 1.32 bits per heavy atom. The minimum atomic E-state index is -5.28. The molecule has 1 heterocycles. The van der Waals surface area contributed by atoms with Crippen LogP contribution in [-0.2, 0) is 29.4 Å². The van der Waals surface area contributed by atoms with Gasteiger partial charge in [0, 0.05) is 6.92 Å². The summed E-state index contributed by atoms with van der Waals surface area (Å²) in [5.41, 5.74) is 0. The Bertz CT molecular complexity index is 769. The van der Waals surface area contributed by atoms with E-state index in [1.165, 1.54) is 0 Å². The average molecular weight is 380 g/mol. The summed E-state index contributed by atoms with van der Waals surface area (Å²) in [6, 6.07) is 8.24. The van der Waals surface area contributed by atoms with Crippen LogP contribution in [0.5, 0.6) is 5.75 Å². The second-order valence-electron chi connectivity index (χ2n) is 4.82. The molecule has 0 aromatic heterocycles. The van der Waals surface area contributed by atoms with Gasteiger partial charge in [-0.2, -0.15) is 4.31 Å². The van der Waals surface area contributed by atoms with Crippen LogP contribution < -0.4 is 39.6 Å². The zero-order valence-corrected chi connectivity index (χ0v) is 16.2. The number of carbonyl (C=O) groups is 3. The molecule has 1 atom stereocenters. The van der Waals surface area contributed by atoms with Gasteiger partial charge in [-0.3, -0.25) is 19.7 Å². The van der Waals surface area contributed by atoms with Gasteiger partial charge in [0.1, 0.15) is 12.2 Å². The summed E-state index contributed by atoms with van der Waals surface area (Å²) in [4.78, 5) is 34.5. The third-order valence-corrected chi connectivity index (χ3v) is 3.88. The summed E-state index contributed by atoms with van der Waals surface area (Å²) in [7, 11) is -5.28. The summed E-state index contributed by atoms with van der Waals surface area (Å²) in [5, 5.41) is 2.04. The van der Waals surface area contributed by atoms with Crippen molar-refractivity contribution in [3.8, 4) is 5.75 Å². The molecule has 0 radical (unpaired) electrons. The third kappa shape index (κ3) is 5.16. The topological polar surface area (TPSA) is 142 Å². The van der Waals surface area contributed by atoms with Crippen molar-refractivity contribution in [2.24, 2.45) is 0 Å². The zero-order chi connectivity index (χ0) is 18.0. The molecule has 1 N–H and O–H groups in total. The van der Waals surface area contributed by atoms with Crippen LogP contribution >= 0.6 is 0 Å². The monoisotopic (exact) mass is 380 g/mol. The molecule has 0 bridgehead atoms. The van der Waals surface area contributed by atoms with Crippen LogP contribution in [0.15, 0.2) is 30.3 Å². The normalized spacial score (nSPS) is 19.3. The first kappa shape index (κ1) is 21.4. The molecule has 1 fully saturated rings. The number of carbonyl (C=O) groups excluding carboxylic acids is 3. The summed E-state index contributed by atoms with van der Waals surface area (Å²) in [6.45, 7) is 0.390. The van der Waals surface area contributed by atoms with E-state index in [4.69, 9.17) is 9.47 Å². The number of rotatable bonds is 6. The van der Waals surface area contributed by atoms with Crippen molar-refractivity contribution in [2.45, 2.75) is 19.2 Å². The fourth-order valence-electron chi connectivity index (χ4n) is 2.12. The van der Waals surface area contributed by atoms with E-state index < -0.39 is 47.0 Å². The molecule has 1 aliphatic heterocycles. The number of nitrogens with zero attached hydrogens (tertiary/aromatic N) is 1. The van der Waals surface area contributed by atoms with E-state index in [0.717, 1.165) is 6.92 Å². The van der Waals surface area contributed by atoms with Crippen molar-refractivity contribution in [1.82, 2.24) is 9.62 Å². The van der Waals surface area contributed by atoms with E-state index in [1.807, 2.05) is 5.32 Å². The van der Waals surface area contributed by atoms with Gasteiger partial charge < -0.3 is 14.0 Å². The van der Waals surface area contributed by atoms with Gasteiger partial charge in [0.05, 0.1) is 0 Å². The van der Waals surface area contributed by atoms with Gasteiger partial charge in [-0.1, -0.05) is 18.2 Å². The van der Waals surface area contributed by atoms with Crippen molar-refractivity contribution in [2.75, 3.05) is 6.61 Å². The number of β-lactam (4-membered cyclic amide) rings is 1. The van der Waals surface area contributed by atoms with Crippen LogP contribution in [0.3, 0.4) is 0 Å². The first-order valence-electron chi connectivity index (χ1n) is 6.61. The molecule has 1 saturated heterocycles. The minimum absolute atomic E-state index is 0. The number of nitrogens with one attached hydrogen (secondary N) is 1. The van der Waals surface area contributed by atoms with Gasteiger partial charge >= 0.3 is 35.5 Å². The number of para-hydroxylation sites is 1. The third-order valence-electron chi connectivity index (χ3n) is 2.93. The van der Waals surface area contributed by atoms with E-state index in [2.05, 4.69) is 0 Å². The largest absolute Gasteiger partial charge is 1.00 e. The molecule has 2 amide bonds. The smallest absolute Gasteiger partial charge is 0.731 e. The Hall–Kier alpha value is -1.66. The maximum absolute atomic E-state index is 11.9. The quantitative estimate of drug-likeness (QED) is 0.173. The summed E-state index contributed by atoms with van der Waals surface area (Å²) >= 11 is 0. The van der Waals surface area contributed by atoms with Crippen LogP contribution in [0.4, 0.5) is 0 Å². The predicted octanol–water partition coefficient (Wildman–Crippen LogP) is -3.90. The number of esters is 1. The summed E-state index contributed by atoms with van der Waals surface area (Å²) in [5.74, 6) is -4.97. The first-order valence-corrected chi connectivity index (χ1v) is 7.98. The zero-order valence-electron chi connectivity index (χ0n) is 13.4. The van der Waals surface area contributed by atoms with E-state index in [-0.39, 0.29) is 33.9 Å². The molecule has 0 saturated carbocycles. The maximum atomic E-state index is 11.9. The SMILES string of the molecule is CC(=O)OC1(NC(=O)COc2ccccc2)CC(=O)N1S(=O)(=O)[O-].[Na+]. The van der Waals surface area contributed by atoms with E-state index >= 15 is 0 Å². The van der Waals surface area contributed by atoms with Gasteiger partial charge in [-0.25, -0.2) is 8.42 Å².